The van der Waals surface area contributed by atoms with E-state index in [1.54, 1.807) is 4.90 Å². The molecular weight excluding hydrogens is 298 g/mol. The predicted octanol–water partition coefficient (Wildman–Crippen LogP) is 1.48. The summed E-state index contributed by atoms with van der Waals surface area (Å²) in [5.41, 5.74) is 0.621. The van der Waals surface area contributed by atoms with Gasteiger partial charge in [0.25, 0.3) is 11.8 Å². The number of amides is 2. The molecule has 1 aromatic heterocycles. The van der Waals surface area contributed by atoms with Gasteiger partial charge in [-0.15, -0.1) is 0 Å². The van der Waals surface area contributed by atoms with E-state index in [0.717, 1.165) is 25.9 Å². The molecule has 1 aliphatic heterocycles. The molecule has 1 saturated heterocycles. The molecule has 1 fully saturated rings. The van der Waals surface area contributed by atoms with Crippen LogP contribution in [0.15, 0.2) is 12.3 Å². The van der Waals surface area contributed by atoms with E-state index in [4.69, 9.17) is 0 Å². The number of aromatic nitrogens is 1. The number of carboxylic acids is 1. The number of H-pyrrole nitrogens is 1. The smallest absolute Gasteiger partial charge is 0.326 e. The molecule has 0 unspecified atom stereocenters. The summed E-state index contributed by atoms with van der Waals surface area (Å²) < 4.78 is 0. The van der Waals surface area contributed by atoms with Crippen LogP contribution in [0.25, 0.3) is 0 Å². The summed E-state index contributed by atoms with van der Waals surface area (Å²) in [6.07, 6.45) is 3.78. The lowest BCUT2D eigenvalue weighted by molar-refractivity contribution is -0.139. The SMILES string of the molecule is CC(C)C[C@H](NC(=O)c1c[nH]c(C(=O)N2CCCC2)c1)C(=O)O. The average molecular weight is 321 g/mol. The van der Waals surface area contributed by atoms with Crippen molar-refractivity contribution >= 4 is 17.8 Å². The highest BCUT2D eigenvalue weighted by Gasteiger charge is 2.24. The van der Waals surface area contributed by atoms with Gasteiger partial charge in [-0.05, 0) is 31.2 Å². The molecule has 2 rings (SSSR count). The number of nitrogens with zero attached hydrogens (tertiary/aromatic N) is 1. The summed E-state index contributed by atoms with van der Waals surface area (Å²) in [6, 6.07) is 0.541. The maximum Gasteiger partial charge on any atom is 0.326 e. The third kappa shape index (κ3) is 4.34. The number of carboxylic acid groups (broad SMARTS) is 1. The third-order valence-electron chi connectivity index (χ3n) is 3.88. The van der Waals surface area contributed by atoms with Crippen LogP contribution in [-0.4, -0.2) is 51.9 Å². The summed E-state index contributed by atoms with van der Waals surface area (Å²) in [6.45, 7) is 5.25. The number of aliphatic carboxylic acids is 1. The average Bonchev–Trinajstić information content (AvgIpc) is 3.16. The van der Waals surface area contributed by atoms with Crippen LogP contribution in [0, 0.1) is 5.92 Å². The van der Waals surface area contributed by atoms with Gasteiger partial charge >= 0.3 is 5.97 Å². The molecule has 126 valence electrons. The second kappa shape index (κ2) is 7.30. The van der Waals surface area contributed by atoms with E-state index in [9.17, 15) is 19.5 Å². The number of rotatable bonds is 6. The molecular formula is C16H23N3O4. The summed E-state index contributed by atoms with van der Waals surface area (Å²) in [7, 11) is 0. The van der Waals surface area contributed by atoms with E-state index < -0.39 is 17.9 Å². The molecule has 0 bridgehead atoms. The van der Waals surface area contributed by atoms with Crippen molar-refractivity contribution in [1.82, 2.24) is 15.2 Å². The fraction of sp³-hybridized carbons (Fsp3) is 0.562. The van der Waals surface area contributed by atoms with Crippen LogP contribution >= 0.6 is 0 Å². The Hall–Kier alpha value is -2.31. The van der Waals surface area contributed by atoms with Crippen LogP contribution in [0.3, 0.4) is 0 Å². The van der Waals surface area contributed by atoms with E-state index in [1.807, 2.05) is 13.8 Å². The van der Waals surface area contributed by atoms with Crippen molar-refractivity contribution in [3.8, 4) is 0 Å². The number of aromatic amines is 1. The van der Waals surface area contributed by atoms with Crippen molar-refractivity contribution in [2.24, 2.45) is 5.92 Å². The first-order valence-corrected chi connectivity index (χ1v) is 7.90. The molecule has 7 nitrogen and oxygen atoms in total. The molecule has 1 atom stereocenters. The summed E-state index contributed by atoms with van der Waals surface area (Å²) in [5.74, 6) is -1.53. The molecule has 1 aromatic rings. The number of carbonyl (C=O) groups is 3. The van der Waals surface area contributed by atoms with Crippen LogP contribution < -0.4 is 5.32 Å². The second-order valence-corrected chi connectivity index (χ2v) is 6.30. The van der Waals surface area contributed by atoms with Gasteiger partial charge in [0.1, 0.15) is 11.7 Å². The van der Waals surface area contributed by atoms with Gasteiger partial charge < -0.3 is 20.3 Å². The molecule has 2 heterocycles. The van der Waals surface area contributed by atoms with E-state index in [1.165, 1.54) is 12.3 Å². The van der Waals surface area contributed by atoms with Gasteiger partial charge in [-0.2, -0.15) is 0 Å². The van der Waals surface area contributed by atoms with Crippen LogP contribution in [0.4, 0.5) is 0 Å². The number of nitrogens with one attached hydrogen (secondary N) is 2. The van der Waals surface area contributed by atoms with Gasteiger partial charge in [0, 0.05) is 19.3 Å². The highest BCUT2D eigenvalue weighted by molar-refractivity contribution is 6.00. The third-order valence-corrected chi connectivity index (χ3v) is 3.88. The number of likely N-dealkylation sites (tertiary alicyclic amines) is 1. The van der Waals surface area contributed by atoms with Gasteiger partial charge in [0.15, 0.2) is 0 Å². The van der Waals surface area contributed by atoms with Crippen molar-refractivity contribution in [2.75, 3.05) is 13.1 Å². The molecule has 0 radical (unpaired) electrons. The van der Waals surface area contributed by atoms with E-state index in [-0.39, 0.29) is 17.4 Å². The lowest BCUT2D eigenvalue weighted by Gasteiger charge is -2.16. The van der Waals surface area contributed by atoms with Gasteiger partial charge in [0.2, 0.25) is 0 Å². The zero-order valence-electron chi connectivity index (χ0n) is 13.5. The maximum atomic E-state index is 12.2. The number of hydrogen-bond donors (Lipinski definition) is 3. The quantitative estimate of drug-likeness (QED) is 0.738. The summed E-state index contributed by atoms with van der Waals surface area (Å²) in [4.78, 5) is 40.2. The van der Waals surface area contributed by atoms with Gasteiger partial charge in [-0.1, -0.05) is 13.8 Å². The number of hydrogen-bond acceptors (Lipinski definition) is 3. The molecule has 23 heavy (non-hydrogen) atoms. The van der Waals surface area contributed by atoms with E-state index in [2.05, 4.69) is 10.3 Å². The van der Waals surface area contributed by atoms with Crippen molar-refractivity contribution in [2.45, 2.75) is 39.2 Å². The van der Waals surface area contributed by atoms with Gasteiger partial charge in [0.05, 0.1) is 5.56 Å². The highest BCUT2D eigenvalue weighted by atomic mass is 16.4. The lowest BCUT2D eigenvalue weighted by atomic mass is 10.0. The molecule has 0 aliphatic carbocycles. The zero-order chi connectivity index (χ0) is 17.0. The minimum atomic E-state index is -1.06. The number of carbonyl (C=O) groups excluding carboxylic acids is 2. The van der Waals surface area contributed by atoms with Crippen molar-refractivity contribution < 1.29 is 19.5 Å². The lowest BCUT2D eigenvalue weighted by Crippen LogP contribution is -2.41. The van der Waals surface area contributed by atoms with E-state index in [0.29, 0.717) is 12.1 Å². The Labute approximate surface area is 135 Å². The topological polar surface area (TPSA) is 103 Å². The van der Waals surface area contributed by atoms with Crippen molar-refractivity contribution in [3.05, 3.63) is 23.5 Å². The van der Waals surface area contributed by atoms with Gasteiger partial charge in [-0.25, -0.2) is 4.79 Å². The molecule has 3 N–H and O–H groups in total. The fourth-order valence-electron chi connectivity index (χ4n) is 2.67. The van der Waals surface area contributed by atoms with Crippen LogP contribution in [0.1, 0.15) is 54.0 Å². The largest absolute Gasteiger partial charge is 0.480 e. The Morgan fingerprint density at radius 3 is 2.52 bits per heavy atom. The Morgan fingerprint density at radius 1 is 1.30 bits per heavy atom. The first kappa shape index (κ1) is 17.1. The Bertz CT molecular complexity index is 588. The van der Waals surface area contributed by atoms with Gasteiger partial charge in [-0.3, -0.25) is 9.59 Å². The predicted molar refractivity (Wildman–Crippen MR) is 84.3 cm³/mol. The standard InChI is InChI=1S/C16H23N3O4/c1-10(2)7-13(16(22)23)18-14(20)11-8-12(17-9-11)15(21)19-5-3-4-6-19/h8-10,13,17H,3-7H2,1-2H3,(H,18,20)(H,22,23)/t13-/m0/s1. The Morgan fingerprint density at radius 2 is 1.96 bits per heavy atom. The summed E-state index contributed by atoms with van der Waals surface area (Å²) >= 11 is 0. The van der Waals surface area contributed by atoms with Crippen LogP contribution in [-0.2, 0) is 4.79 Å². The molecule has 0 aromatic carbocycles. The zero-order valence-corrected chi connectivity index (χ0v) is 13.5. The highest BCUT2D eigenvalue weighted by Crippen LogP contribution is 2.14. The minimum Gasteiger partial charge on any atom is -0.480 e. The van der Waals surface area contributed by atoms with Crippen LogP contribution in [0.5, 0.6) is 0 Å². The second-order valence-electron chi connectivity index (χ2n) is 6.30. The Balaban J connectivity index is 2.02. The van der Waals surface area contributed by atoms with Crippen molar-refractivity contribution in [1.29, 1.82) is 0 Å². The molecule has 0 spiro atoms. The fourth-order valence-corrected chi connectivity index (χ4v) is 2.67. The Kier molecular flexibility index (Phi) is 5.41. The monoisotopic (exact) mass is 321 g/mol. The first-order chi connectivity index (χ1) is 10.9. The maximum absolute atomic E-state index is 12.2. The van der Waals surface area contributed by atoms with E-state index >= 15 is 0 Å². The first-order valence-electron chi connectivity index (χ1n) is 7.90. The molecule has 1 aliphatic rings. The summed E-state index contributed by atoms with van der Waals surface area (Å²) in [5, 5.41) is 11.7. The molecule has 0 saturated carbocycles. The molecule has 2 amide bonds. The molecule has 7 heteroatoms. The minimum absolute atomic E-state index is 0.126. The van der Waals surface area contributed by atoms with Crippen LogP contribution in [0.2, 0.25) is 0 Å². The van der Waals surface area contributed by atoms with Crippen molar-refractivity contribution in [3.63, 3.8) is 0 Å². The normalized spacial score (nSPS) is 15.7.